The summed E-state index contributed by atoms with van der Waals surface area (Å²) in [5.41, 5.74) is -0.0847. The third-order valence-electron chi connectivity index (χ3n) is 1.93. The van der Waals surface area contributed by atoms with Gasteiger partial charge in [-0.05, 0) is 12.1 Å². The Hall–Kier alpha value is -2.41. The first-order chi connectivity index (χ1) is 9.13. The van der Waals surface area contributed by atoms with E-state index in [2.05, 4.69) is 6.58 Å². The van der Waals surface area contributed by atoms with Crippen molar-refractivity contribution < 1.29 is 23.9 Å². The van der Waals surface area contributed by atoms with Gasteiger partial charge in [-0.2, -0.15) is 0 Å². The average molecular weight is 267 g/mol. The van der Waals surface area contributed by atoms with Gasteiger partial charge in [0.15, 0.2) is 0 Å². The predicted octanol–water partition coefficient (Wildman–Crippen LogP) is 2.31. The molecule has 0 radical (unpaired) electrons. The topological polar surface area (TPSA) is 87.9 Å². The van der Waals surface area contributed by atoms with Crippen molar-refractivity contribution >= 4 is 11.8 Å². The van der Waals surface area contributed by atoms with E-state index in [4.69, 9.17) is 14.2 Å². The molecule has 1 rings (SSSR count). The third-order valence-corrected chi connectivity index (χ3v) is 1.93. The smallest absolute Gasteiger partial charge is 0.432 e. The largest absolute Gasteiger partial charge is 0.513 e. The van der Waals surface area contributed by atoms with E-state index in [1.165, 1.54) is 24.3 Å². The molecule has 0 unspecified atom stereocenters. The van der Waals surface area contributed by atoms with Gasteiger partial charge in [-0.25, -0.2) is 4.79 Å². The van der Waals surface area contributed by atoms with E-state index in [0.29, 0.717) is 6.61 Å². The van der Waals surface area contributed by atoms with Crippen LogP contribution in [0.2, 0.25) is 0 Å². The Kier molecular flexibility index (Phi) is 6.04. The monoisotopic (exact) mass is 267 g/mol. The van der Waals surface area contributed by atoms with Crippen molar-refractivity contribution in [3.63, 3.8) is 0 Å². The van der Waals surface area contributed by atoms with Gasteiger partial charge in [0.05, 0.1) is 18.1 Å². The van der Waals surface area contributed by atoms with Crippen molar-refractivity contribution in [1.29, 1.82) is 0 Å². The van der Waals surface area contributed by atoms with E-state index in [1.807, 2.05) is 0 Å². The zero-order chi connectivity index (χ0) is 14.1. The summed E-state index contributed by atoms with van der Waals surface area (Å²) in [6, 6.07) is 5.09. The molecule has 1 aromatic rings. The number of rotatable bonds is 7. The van der Waals surface area contributed by atoms with E-state index < -0.39 is 11.1 Å². The summed E-state index contributed by atoms with van der Waals surface area (Å²) < 4.78 is 14.5. The molecule has 0 atom stereocenters. The molecule has 0 fully saturated rings. The molecule has 0 aromatic heterocycles. The molecule has 19 heavy (non-hydrogen) atoms. The molecule has 0 heterocycles. The minimum Gasteiger partial charge on any atom is -0.432 e. The second-order valence-electron chi connectivity index (χ2n) is 3.32. The van der Waals surface area contributed by atoms with Gasteiger partial charge in [0.25, 0.3) is 5.69 Å². The minimum absolute atomic E-state index is 0.0552. The number of hydrogen-bond donors (Lipinski definition) is 0. The Labute approximate surface area is 109 Å². The molecule has 0 amide bonds. The summed E-state index contributed by atoms with van der Waals surface area (Å²) in [6.45, 7) is 4.13. The van der Waals surface area contributed by atoms with E-state index in [0.717, 1.165) is 0 Å². The van der Waals surface area contributed by atoms with Crippen molar-refractivity contribution in [1.82, 2.24) is 0 Å². The summed E-state index contributed by atoms with van der Waals surface area (Å²) in [5.74, 6) is 0.169. The maximum atomic E-state index is 11.2. The molecular formula is C12H13NO6. The van der Waals surface area contributed by atoms with E-state index in [9.17, 15) is 14.9 Å². The molecule has 0 saturated carbocycles. The quantitative estimate of drug-likeness (QED) is 0.188. The SMILES string of the molecule is C=CCOCCOC(=O)Oc1ccc([N+](=O)[O-])cc1. The molecule has 0 bridgehead atoms. The van der Waals surface area contributed by atoms with Crippen LogP contribution in [0.5, 0.6) is 5.75 Å². The number of nitro benzene ring substituents is 1. The lowest BCUT2D eigenvalue weighted by atomic mass is 10.3. The summed E-state index contributed by atoms with van der Waals surface area (Å²) >= 11 is 0. The molecule has 102 valence electrons. The number of benzene rings is 1. The molecule has 0 aliphatic carbocycles. The van der Waals surface area contributed by atoms with Crippen molar-refractivity contribution in [2.45, 2.75) is 0 Å². The van der Waals surface area contributed by atoms with Crippen LogP contribution in [0.4, 0.5) is 10.5 Å². The molecule has 0 aliphatic rings. The third kappa shape index (κ3) is 5.64. The summed E-state index contributed by atoms with van der Waals surface area (Å²) in [5, 5.41) is 10.4. The predicted molar refractivity (Wildman–Crippen MR) is 66.1 cm³/mol. The van der Waals surface area contributed by atoms with Gasteiger partial charge < -0.3 is 14.2 Å². The van der Waals surface area contributed by atoms with Crippen LogP contribution in [0.15, 0.2) is 36.9 Å². The van der Waals surface area contributed by atoms with E-state index in [-0.39, 0.29) is 24.7 Å². The number of carbonyl (C=O) groups is 1. The fourth-order valence-corrected chi connectivity index (χ4v) is 1.11. The Bertz CT molecular complexity index is 442. The number of nitro groups is 1. The van der Waals surface area contributed by atoms with Crippen LogP contribution in [-0.2, 0) is 9.47 Å². The second-order valence-corrected chi connectivity index (χ2v) is 3.32. The number of hydrogen-bond acceptors (Lipinski definition) is 6. The highest BCUT2D eigenvalue weighted by atomic mass is 16.7. The molecule has 7 nitrogen and oxygen atoms in total. The fourth-order valence-electron chi connectivity index (χ4n) is 1.11. The Morgan fingerprint density at radius 1 is 1.32 bits per heavy atom. The number of carbonyl (C=O) groups excluding carboxylic acids is 1. The maximum Gasteiger partial charge on any atom is 0.513 e. The lowest BCUT2D eigenvalue weighted by molar-refractivity contribution is -0.384. The molecule has 0 N–H and O–H groups in total. The van der Waals surface area contributed by atoms with Crippen LogP contribution in [0.25, 0.3) is 0 Å². The number of nitrogens with zero attached hydrogens (tertiary/aromatic N) is 1. The van der Waals surface area contributed by atoms with Gasteiger partial charge in [-0.1, -0.05) is 6.08 Å². The van der Waals surface area contributed by atoms with Crippen molar-refractivity contribution in [2.75, 3.05) is 19.8 Å². The standard InChI is InChI=1S/C12H13NO6/c1-2-7-17-8-9-18-12(14)19-11-5-3-10(4-6-11)13(15)16/h2-6H,1,7-9H2. The summed E-state index contributed by atoms with van der Waals surface area (Å²) in [7, 11) is 0. The van der Waals surface area contributed by atoms with Crippen molar-refractivity contribution in [3.05, 3.63) is 47.0 Å². The van der Waals surface area contributed by atoms with Crippen molar-refractivity contribution in [2.24, 2.45) is 0 Å². The van der Waals surface area contributed by atoms with Crippen LogP contribution in [0, 0.1) is 10.1 Å². The molecule has 0 spiro atoms. The first-order valence-corrected chi connectivity index (χ1v) is 5.41. The van der Waals surface area contributed by atoms with Crippen LogP contribution < -0.4 is 4.74 Å². The lowest BCUT2D eigenvalue weighted by Gasteiger charge is -2.05. The molecule has 0 saturated heterocycles. The average Bonchev–Trinajstić information content (AvgIpc) is 2.39. The van der Waals surface area contributed by atoms with Crippen LogP contribution in [-0.4, -0.2) is 30.9 Å². The molecule has 0 aliphatic heterocycles. The second kappa shape index (κ2) is 7.83. The zero-order valence-electron chi connectivity index (χ0n) is 10.1. The molecule has 7 heteroatoms. The van der Waals surface area contributed by atoms with E-state index in [1.54, 1.807) is 6.08 Å². The molecular weight excluding hydrogens is 254 g/mol. The maximum absolute atomic E-state index is 11.2. The van der Waals surface area contributed by atoms with E-state index >= 15 is 0 Å². The Balaban J connectivity index is 2.31. The summed E-state index contributed by atoms with van der Waals surface area (Å²) in [6.07, 6.45) is 0.686. The van der Waals surface area contributed by atoms with Gasteiger partial charge in [-0.15, -0.1) is 6.58 Å². The number of ether oxygens (including phenoxy) is 3. The normalized spacial score (nSPS) is 9.68. The Morgan fingerprint density at radius 2 is 2.00 bits per heavy atom. The highest BCUT2D eigenvalue weighted by Crippen LogP contribution is 2.17. The van der Waals surface area contributed by atoms with Crippen LogP contribution >= 0.6 is 0 Å². The molecule has 1 aromatic carbocycles. The minimum atomic E-state index is -0.893. The van der Waals surface area contributed by atoms with Gasteiger partial charge in [0.1, 0.15) is 12.4 Å². The zero-order valence-corrected chi connectivity index (χ0v) is 10.1. The van der Waals surface area contributed by atoms with Crippen LogP contribution in [0.1, 0.15) is 0 Å². The van der Waals surface area contributed by atoms with Gasteiger partial charge in [0, 0.05) is 12.1 Å². The first kappa shape index (κ1) is 14.7. The highest BCUT2D eigenvalue weighted by Gasteiger charge is 2.08. The number of non-ortho nitro benzene ring substituents is 1. The first-order valence-electron chi connectivity index (χ1n) is 5.41. The van der Waals surface area contributed by atoms with Crippen LogP contribution in [0.3, 0.4) is 0 Å². The van der Waals surface area contributed by atoms with Gasteiger partial charge in [-0.3, -0.25) is 10.1 Å². The lowest BCUT2D eigenvalue weighted by Crippen LogP contribution is -2.14. The highest BCUT2D eigenvalue weighted by molar-refractivity contribution is 5.63. The van der Waals surface area contributed by atoms with Crippen molar-refractivity contribution in [3.8, 4) is 5.75 Å². The Morgan fingerprint density at radius 3 is 2.58 bits per heavy atom. The fraction of sp³-hybridized carbons (Fsp3) is 0.250. The van der Waals surface area contributed by atoms with Gasteiger partial charge >= 0.3 is 6.16 Å². The van der Waals surface area contributed by atoms with Gasteiger partial charge in [0.2, 0.25) is 0 Å². The summed E-state index contributed by atoms with van der Waals surface area (Å²) in [4.78, 5) is 21.1.